The number of hydrogen-bond acceptors (Lipinski definition) is 6. The van der Waals surface area contributed by atoms with Crippen molar-refractivity contribution in [2.24, 2.45) is 5.73 Å². The summed E-state index contributed by atoms with van der Waals surface area (Å²) in [5.74, 6) is 0.309. The lowest BCUT2D eigenvalue weighted by Gasteiger charge is -2.34. The molecule has 1 fully saturated rings. The van der Waals surface area contributed by atoms with Gasteiger partial charge >= 0.3 is 0 Å². The Kier molecular flexibility index (Phi) is 3.72. The van der Waals surface area contributed by atoms with Crippen molar-refractivity contribution < 1.29 is 4.79 Å². The maximum atomic E-state index is 12.5. The number of nitrogens with two attached hydrogens (primary N) is 2. The van der Waals surface area contributed by atoms with E-state index in [1.807, 2.05) is 41.3 Å². The lowest BCUT2D eigenvalue weighted by Crippen LogP contribution is -2.50. The summed E-state index contributed by atoms with van der Waals surface area (Å²) >= 11 is 0. The smallest absolute Gasteiger partial charge is 0.241 e. The van der Waals surface area contributed by atoms with Crippen molar-refractivity contribution in [3.8, 4) is 0 Å². The molecule has 0 aliphatic carbocycles. The van der Waals surface area contributed by atoms with Crippen molar-refractivity contribution in [1.29, 1.82) is 0 Å². The first kappa shape index (κ1) is 16.3. The minimum absolute atomic E-state index is 0.150. The van der Waals surface area contributed by atoms with Crippen molar-refractivity contribution in [3.63, 3.8) is 0 Å². The monoisotopic (exact) mass is 348 g/mol. The number of carbonyl (C=O) groups is 1. The first-order chi connectivity index (χ1) is 12.5. The molecule has 1 amide bonds. The average molecular weight is 348 g/mol. The van der Waals surface area contributed by atoms with Crippen molar-refractivity contribution in [1.82, 2.24) is 15.0 Å². The zero-order valence-electron chi connectivity index (χ0n) is 14.5. The SMILES string of the molecule is C[C@@]1(c2ccccc2)CCN(c2nc(N)nc3cccnc23)C1C(N)=O. The number of benzene rings is 1. The minimum Gasteiger partial charge on any atom is -0.368 e. The minimum atomic E-state index is -0.551. The van der Waals surface area contributed by atoms with Gasteiger partial charge in [0.2, 0.25) is 11.9 Å². The van der Waals surface area contributed by atoms with Gasteiger partial charge in [0.1, 0.15) is 11.6 Å². The van der Waals surface area contributed by atoms with E-state index in [-0.39, 0.29) is 5.95 Å². The topological polar surface area (TPSA) is 111 Å². The largest absolute Gasteiger partial charge is 0.368 e. The van der Waals surface area contributed by atoms with Gasteiger partial charge in [-0.05, 0) is 24.1 Å². The molecule has 1 aliphatic heterocycles. The van der Waals surface area contributed by atoms with Crippen molar-refractivity contribution in [2.75, 3.05) is 17.2 Å². The Hall–Kier alpha value is -3.22. The molecule has 1 unspecified atom stereocenters. The fraction of sp³-hybridized carbons (Fsp3) is 0.263. The third-order valence-corrected chi connectivity index (χ3v) is 5.22. The molecule has 26 heavy (non-hydrogen) atoms. The van der Waals surface area contributed by atoms with Gasteiger partial charge in [-0.25, -0.2) is 4.98 Å². The molecular formula is C19H20N6O. The highest BCUT2D eigenvalue weighted by Crippen LogP contribution is 2.42. The summed E-state index contributed by atoms with van der Waals surface area (Å²) in [6.45, 7) is 2.69. The van der Waals surface area contributed by atoms with Crippen LogP contribution in [0.25, 0.3) is 11.0 Å². The van der Waals surface area contributed by atoms with E-state index in [4.69, 9.17) is 11.5 Å². The second-order valence-electron chi connectivity index (χ2n) is 6.81. The number of anilines is 2. The molecule has 7 nitrogen and oxygen atoms in total. The van der Waals surface area contributed by atoms with Gasteiger partial charge in [0, 0.05) is 18.2 Å². The first-order valence-corrected chi connectivity index (χ1v) is 8.50. The third-order valence-electron chi connectivity index (χ3n) is 5.22. The van der Waals surface area contributed by atoms with Crippen molar-refractivity contribution in [2.45, 2.75) is 24.8 Å². The molecule has 1 saturated heterocycles. The highest BCUT2D eigenvalue weighted by molar-refractivity contribution is 5.92. The van der Waals surface area contributed by atoms with E-state index < -0.39 is 17.4 Å². The van der Waals surface area contributed by atoms with Gasteiger partial charge in [-0.2, -0.15) is 4.98 Å². The maximum absolute atomic E-state index is 12.5. The first-order valence-electron chi connectivity index (χ1n) is 8.50. The number of fused-ring (bicyclic) bond motifs is 1. The van der Waals surface area contributed by atoms with Crippen LogP contribution in [-0.2, 0) is 10.2 Å². The number of primary amides is 1. The lowest BCUT2D eigenvalue weighted by atomic mass is 9.75. The van der Waals surface area contributed by atoms with Gasteiger partial charge in [-0.1, -0.05) is 37.3 Å². The fourth-order valence-electron chi connectivity index (χ4n) is 3.95. The van der Waals surface area contributed by atoms with Gasteiger partial charge in [0.25, 0.3) is 0 Å². The summed E-state index contributed by atoms with van der Waals surface area (Å²) in [6, 6.07) is 13.0. The molecule has 1 aliphatic rings. The molecule has 0 bridgehead atoms. The number of hydrogen-bond donors (Lipinski definition) is 2. The van der Waals surface area contributed by atoms with Crippen LogP contribution in [-0.4, -0.2) is 33.4 Å². The zero-order chi connectivity index (χ0) is 18.3. The normalized spacial score (nSPS) is 22.7. The Morgan fingerprint density at radius 2 is 1.96 bits per heavy atom. The number of carbonyl (C=O) groups excluding carboxylic acids is 1. The number of nitrogen functional groups attached to an aromatic ring is 1. The van der Waals surface area contributed by atoms with Crippen LogP contribution < -0.4 is 16.4 Å². The Morgan fingerprint density at radius 3 is 2.69 bits per heavy atom. The standard InChI is InChI=1S/C19H20N6O/c1-19(12-6-3-2-4-7-12)9-11-25(15(19)16(20)26)17-14-13(8-5-10-22-14)23-18(21)24-17/h2-8,10,15H,9,11H2,1H3,(H2,20,26)(H2,21,23,24)/t15?,19-/m0/s1. The van der Waals surface area contributed by atoms with E-state index in [1.165, 1.54) is 0 Å². The Balaban J connectivity index is 1.87. The quantitative estimate of drug-likeness (QED) is 0.744. The highest BCUT2D eigenvalue weighted by atomic mass is 16.1. The van der Waals surface area contributed by atoms with Gasteiger partial charge in [0.15, 0.2) is 5.82 Å². The van der Waals surface area contributed by atoms with E-state index in [1.54, 1.807) is 12.3 Å². The molecule has 132 valence electrons. The van der Waals surface area contributed by atoms with Crippen LogP contribution in [0.15, 0.2) is 48.7 Å². The predicted octanol–water partition coefficient (Wildman–Crippen LogP) is 1.63. The summed E-state index contributed by atoms with van der Waals surface area (Å²) in [6.07, 6.45) is 2.44. The molecule has 1 aromatic carbocycles. The summed E-state index contributed by atoms with van der Waals surface area (Å²) in [5, 5.41) is 0. The van der Waals surface area contributed by atoms with Crippen LogP contribution in [0.3, 0.4) is 0 Å². The van der Waals surface area contributed by atoms with Crippen LogP contribution in [0.5, 0.6) is 0 Å². The molecule has 0 saturated carbocycles. The number of nitrogens with zero attached hydrogens (tertiary/aromatic N) is 4. The second kappa shape index (κ2) is 5.94. The summed E-state index contributed by atoms with van der Waals surface area (Å²) in [5.41, 5.74) is 13.7. The van der Waals surface area contributed by atoms with E-state index in [2.05, 4.69) is 21.9 Å². The third kappa shape index (κ3) is 2.44. The summed E-state index contributed by atoms with van der Waals surface area (Å²) < 4.78 is 0. The lowest BCUT2D eigenvalue weighted by molar-refractivity contribution is -0.120. The van der Waals surface area contributed by atoms with Crippen LogP contribution in [0.1, 0.15) is 18.9 Å². The number of aromatic nitrogens is 3. The highest BCUT2D eigenvalue weighted by Gasteiger charge is 2.49. The Bertz CT molecular complexity index is 976. The van der Waals surface area contributed by atoms with Crippen LogP contribution in [0, 0.1) is 0 Å². The number of pyridine rings is 1. The van der Waals surface area contributed by atoms with E-state index in [9.17, 15) is 4.79 Å². The molecule has 3 aromatic rings. The van der Waals surface area contributed by atoms with Crippen LogP contribution in [0.4, 0.5) is 11.8 Å². The van der Waals surface area contributed by atoms with E-state index in [0.717, 1.165) is 12.0 Å². The maximum Gasteiger partial charge on any atom is 0.241 e. The Labute approximate surface area is 151 Å². The second-order valence-corrected chi connectivity index (χ2v) is 6.81. The molecule has 0 radical (unpaired) electrons. The van der Waals surface area contributed by atoms with E-state index in [0.29, 0.717) is 23.4 Å². The fourth-order valence-corrected chi connectivity index (χ4v) is 3.95. The zero-order valence-corrected chi connectivity index (χ0v) is 14.5. The number of amides is 1. The van der Waals surface area contributed by atoms with Crippen LogP contribution in [0.2, 0.25) is 0 Å². The Morgan fingerprint density at radius 1 is 1.19 bits per heavy atom. The van der Waals surface area contributed by atoms with Crippen molar-refractivity contribution in [3.05, 3.63) is 54.2 Å². The van der Waals surface area contributed by atoms with Crippen molar-refractivity contribution >= 4 is 28.7 Å². The number of rotatable bonds is 3. The molecule has 7 heteroatoms. The summed E-state index contributed by atoms with van der Waals surface area (Å²) in [4.78, 5) is 27.4. The molecule has 4 N–H and O–H groups in total. The molecular weight excluding hydrogens is 328 g/mol. The van der Waals surface area contributed by atoms with Crippen LogP contribution >= 0.6 is 0 Å². The predicted molar refractivity (Wildman–Crippen MR) is 100 cm³/mol. The molecule has 2 atom stereocenters. The molecule has 3 heterocycles. The van der Waals surface area contributed by atoms with Gasteiger partial charge in [-0.15, -0.1) is 0 Å². The molecule has 0 spiro atoms. The summed E-state index contributed by atoms with van der Waals surface area (Å²) in [7, 11) is 0. The van der Waals surface area contributed by atoms with Gasteiger partial charge in [-0.3, -0.25) is 9.78 Å². The average Bonchev–Trinajstić information content (AvgIpc) is 3.00. The van der Waals surface area contributed by atoms with Gasteiger partial charge in [0.05, 0.1) is 5.52 Å². The molecule has 4 rings (SSSR count). The van der Waals surface area contributed by atoms with Gasteiger partial charge < -0.3 is 16.4 Å². The van der Waals surface area contributed by atoms with E-state index >= 15 is 0 Å². The molecule has 2 aromatic heterocycles.